The van der Waals surface area contributed by atoms with Crippen molar-refractivity contribution in [3.63, 3.8) is 0 Å². The van der Waals surface area contributed by atoms with Gasteiger partial charge in [-0.1, -0.05) is 0 Å². The lowest BCUT2D eigenvalue weighted by atomic mass is 9.77. The average molecular weight is 296 g/mol. The highest BCUT2D eigenvalue weighted by Crippen LogP contribution is 2.34. The smallest absolute Gasteiger partial charge is 0.311 e. The quantitative estimate of drug-likeness (QED) is 0.808. The van der Waals surface area contributed by atoms with Crippen LogP contribution in [-0.2, 0) is 22.6 Å². The zero-order valence-electron chi connectivity index (χ0n) is 12.8. The zero-order chi connectivity index (χ0) is 15.3. The van der Waals surface area contributed by atoms with E-state index in [1.165, 1.54) is 0 Å². The molecule has 0 bridgehead atoms. The number of ether oxygens (including phenoxy) is 1. The molecule has 7 nitrogen and oxygen atoms in total. The van der Waals surface area contributed by atoms with Crippen LogP contribution in [0.3, 0.4) is 0 Å². The number of aromatic nitrogens is 3. The first-order chi connectivity index (χ1) is 10.1. The summed E-state index contributed by atoms with van der Waals surface area (Å²) >= 11 is 0. The van der Waals surface area contributed by atoms with Crippen molar-refractivity contribution in [1.29, 1.82) is 0 Å². The van der Waals surface area contributed by atoms with Gasteiger partial charge < -0.3 is 9.84 Å². The summed E-state index contributed by atoms with van der Waals surface area (Å²) in [6.45, 7) is 5.37. The summed E-state index contributed by atoms with van der Waals surface area (Å²) in [6, 6.07) is 0. The van der Waals surface area contributed by atoms with Crippen LogP contribution in [0.25, 0.3) is 0 Å². The van der Waals surface area contributed by atoms with E-state index in [9.17, 15) is 9.90 Å². The lowest BCUT2D eigenvalue weighted by Crippen LogP contribution is -2.48. The first-order valence-electron chi connectivity index (χ1n) is 7.42. The van der Waals surface area contributed by atoms with E-state index < -0.39 is 11.4 Å². The van der Waals surface area contributed by atoms with Gasteiger partial charge in [0.1, 0.15) is 12.2 Å². The molecule has 0 unspecified atom stereocenters. The molecule has 7 heteroatoms. The number of carboxylic acid groups (broad SMARTS) is 1. The highest BCUT2D eigenvalue weighted by Gasteiger charge is 2.42. The van der Waals surface area contributed by atoms with Crippen molar-refractivity contribution in [1.82, 2.24) is 19.7 Å². The molecule has 118 valence electrons. The molecule has 1 aromatic rings. The van der Waals surface area contributed by atoms with Crippen molar-refractivity contribution in [3.8, 4) is 0 Å². The lowest BCUT2D eigenvalue weighted by molar-refractivity contribution is -0.154. The van der Waals surface area contributed by atoms with Crippen molar-refractivity contribution in [2.75, 3.05) is 26.8 Å². The predicted octanol–water partition coefficient (Wildman–Crippen LogP) is 1.00. The topological polar surface area (TPSA) is 80.5 Å². The molecule has 2 rings (SSSR count). The van der Waals surface area contributed by atoms with Gasteiger partial charge in [0.15, 0.2) is 0 Å². The summed E-state index contributed by atoms with van der Waals surface area (Å²) in [4.78, 5) is 18.2. The van der Waals surface area contributed by atoms with Gasteiger partial charge in [0.05, 0.1) is 12.0 Å². The van der Waals surface area contributed by atoms with Gasteiger partial charge in [-0.2, -0.15) is 5.10 Å². The lowest BCUT2D eigenvalue weighted by Gasteiger charge is -2.39. The summed E-state index contributed by atoms with van der Waals surface area (Å²) in [5, 5.41) is 13.8. The molecule has 1 aromatic heterocycles. The highest BCUT2D eigenvalue weighted by atomic mass is 16.5. The Hall–Kier alpha value is -1.47. The third kappa shape index (κ3) is 3.59. The maximum Gasteiger partial charge on any atom is 0.311 e. The van der Waals surface area contributed by atoms with Gasteiger partial charge >= 0.3 is 5.97 Å². The maximum absolute atomic E-state index is 11.7. The third-order valence-electron chi connectivity index (χ3n) is 4.25. The molecule has 0 aromatic carbocycles. The molecule has 2 heterocycles. The van der Waals surface area contributed by atoms with E-state index in [0.717, 1.165) is 25.3 Å². The number of hydrogen-bond acceptors (Lipinski definition) is 5. The summed E-state index contributed by atoms with van der Waals surface area (Å²) in [5.41, 5.74) is -0.703. The Bertz CT molecular complexity index is 477. The molecular formula is C14H24N4O3. The number of likely N-dealkylation sites (tertiary alicyclic amines) is 1. The van der Waals surface area contributed by atoms with Gasteiger partial charge in [-0.25, -0.2) is 9.67 Å². The minimum absolute atomic E-state index is 0.477. The largest absolute Gasteiger partial charge is 0.481 e. The number of carboxylic acids is 1. The number of aliphatic carboxylic acids is 1. The van der Waals surface area contributed by atoms with Gasteiger partial charge in [0, 0.05) is 26.8 Å². The normalized spacial score (nSPS) is 23.3. The monoisotopic (exact) mass is 296 g/mol. The molecule has 1 aliphatic rings. The molecule has 21 heavy (non-hydrogen) atoms. The molecule has 0 amide bonds. The summed E-state index contributed by atoms with van der Waals surface area (Å²) in [6.07, 6.45) is 3.70. The number of hydrogen-bond donors (Lipinski definition) is 1. The van der Waals surface area contributed by atoms with E-state index in [1.807, 2.05) is 11.6 Å². The van der Waals surface area contributed by atoms with Crippen LogP contribution in [0, 0.1) is 5.41 Å². The Morgan fingerprint density at radius 1 is 1.57 bits per heavy atom. The predicted molar refractivity (Wildman–Crippen MR) is 76.8 cm³/mol. The van der Waals surface area contributed by atoms with Gasteiger partial charge in [0.2, 0.25) is 0 Å². The molecule has 1 fully saturated rings. The minimum Gasteiger partial charge on any atom is -0.481 e. The molecule has 1 aliphatic heterocycles. The minimum atomic E-state index is -0.721. The fourth-order valence-corrected chi connectivity index (χ4v) is 3.02. The number of carbonyl (C=O) groups is 1. The number of methoxy groups -OCH3 is 1. The molecule has 0 spiro atoms. The van der Waals surface area contributed by atoms with E-state index in [0.29, 0.717) is 32.5 Å². The Morgan fingerprint density at radius 2 is 2.38 bits per heavy atom. The van der Waals surface area contributed by atoms with Crippen LogP contribution in [0.4, 0.5) is 0 Å². The van der Waals surface area contributed by atoms with Crippen LogP contribution in [0.1, 0.15) is 32.0 Å². The van der Waals surface area contributed by atoms with Crippen LogP contribution in [0.2, 0.25) is 0 Å². The van der Waals surface area contributed by atoms with Crippen molar-refractivity contribution >= 4 is 5.97 Å². The Labute approximate surface area is 124 Å². The standard InChI is InChI=1S/C14H24N4O3/c1-3-18-12(15-11-16-18)9-17-7-4-5-14(10-17,13(19)20)6-8-21-2/h11H,3-10H2,1-2H3,(H,19,20)/t14-/m1/s1. The summed E-state index contributed by atoms with van der Waals surface area (Å²) in [7, 11) is 1.61. The molecule has 1 atom stereocenters. The summed E-state index contributed by atoms with van der Waals surface area (Å²) < 4.78 is 6.94. The number of piperidine rings is 1. The number of aryl methyl sites for hydroxylation is 1. The molecule has 0 saturated carbocycles. The second kappa shape index (κ2) is 7.00. The van der Waals surface area contributed by atoms with Crippen molar-refractivity contribution < 1.29 is 14.6 Å². The van der Waals surface area contributed by atoms with Crippen molar-refractivity contribution in [2.45, 2.75) is 39.3 Å². The second-order valence-corrected chi connectivity index (χ2v) is 5.63. The first-order valence-corrected chi connectivity index (χ1v) is 7.42. The van der Waals surface area contributed by atoms with Crippen LogP contribution in [0.15, 0.2) is 6.33 Å². The van der Waals surface area contributed by atoms with Gasteiger partial charge in [0.25, 0.3) is 0 Å². The fraction of sp³-hybridized carbons (Fsp3) is 0.786. The molecule has 1 N–H and O–H groups in total. The third-order valence-corrected chi connectivity index (χ3v) is 4.25. The maximum atomic E-state index is 11.7. The van der Waals surface area contributed by atoms with E-state index >= 15 is 0 Å². The molecular weight excluding hydrogens is 272 g/mol. The SMILES string of the molecule is CCn1ncnc1CN1CCC[C@](CCOC)(C(=O)O)C1. The Morgan fingerprint density at radius 3 is 3.05 bits per heavy atom. The van der Waals surface area contributed by atoms with E-state index in [-0.39, 0.29) is 0 Å². The van der Waals surface area contributed by atoms with Gasteiger partial charge in [-0.3, -0.25) is 9.69 Å². The summed E-state index contributed by atoms with van der Waals surface area (Å²) in [5.74, 6) is 0.173. The first kappa shape index (κ1) is 15.9. The van der Waals surface area contributed by atoms with E-state index in [2.05, 4.69) is 15.0 Å². The zero-order valence-corrected chi connectivity index (χ0v) is 12.8. The van der Waals surface area contributed by atoms with Crippen LogP contribution in [-0.4, -0.2) is 57.5 Å². The van der Waals surface area contributed by atoms with Gasteiger partial charge in [-0.05, 0) is 32.7 Å². The van der Waals surface area contributed by atoms with E-state index in [1.54, 1.807) is 13.4 Å². The molecule has 1 saturated heterocycles. The fourth-order valence-electron chi connectivity index (χ4n) is 3.02. The number of nitrogens with zero attached hydrogens (tertiary/aromatic N) is 4. The molecule has 0 radical (unpaired) electrons. The Kier molecular flexibility index (Phi) is 5.30. The van der Waals surface area contributed by atoms with Crippen LogP contribution in [0.5, 0.6) is 0 Å². The highest BCUT2D eigenvalue weighted by molar-refractivity contribution is 5.75. The van der Waals surface area contributed by atoms with E-state index in [4.69, 9.17) is 4.74 Å². The molecule has 0 aliphatic carbocycles. The Balaban J connectivity index is 2.06. The van der Waals surface area contributed by atoms with Crippen LogP contribution >= 0.6 is 0 Å². The average Bonchev–Trinajstić information content (AvgIpc) is 2.92. The second-order valence-electron chi connectivity index (χ2n) is 5.63. The number of rotatable bonds is 7. The van der Waals surface area contributed by atoms with Gasteiger partial charge in [-0.15, -0.1) is 0 Å². The van der Waals surface area contributed by atoms with Crippen LogP contribution < -0.4 is 0 Å². The van der Waals surface area contributed by atoms with Crippen molar-refractivity contribution in [3.05, 3.63) is 12.2 Å². The van der Waals surface area contributed by atoms with Crippen molar-refractivity contribution in [2.24, 2.45) is 5.41 Å².